The highest BCUT2D eigenvalue weighted by molar-refractivity contribution is 4.63. The minimum Gasteiger partial charge on any atom is -0.317 e. The highest BCUT2D eigenvalue weighted by atomic mass is 15.1. The van der Waals surface area contributed by atoms with Crippen LogP contribution in [0.15, 0.2) is 0 Å². The van der Waals surface area contributed by atoms with Crippen molar-refractivity contribution < 1.29 is 0 Å². The zero-order chi connectivity index (χ0) is 10.3. The fourth-order valence-electron chi connectivity index (χ4n) is 1.42. The summed E-state index contributed by atoms with van der Waals surface area (Å²) in [7, 11) is 2.03. The molecule has 0 fully saturated rings. The maximum atomic E-state index is 3.27. The summed E-state index contributed by atoms with van der Waals surface area (Å²) in [4.78, 5) is 2.53. The van der Waals surface area contributed by atoms with E-state index in [0.717, 1.165) is 5.92 Å². The Morgan fingerprint density at radius 1 is 1.23 bits per heavy atom. The second-order valence-corrected chi connectivity index (χ2v) is 4.27. The summed E-state index contributed by atoms with van der Waals surface area (Å²) in [5.74, 6) is 0.782. The van der Waals surface area contributed by atoms with Crippen molar-refractivity contribution in [3.05, 3.63) is 0 Å². The first-order valence-electron chi connectivity index (χ1n) is 5.49. The summed E-state index contributed by atoms with van der Waals surface area (Å²) in [6, 6.07) is 0.640. The van der Waals surface area contributed by atoms with Gasteiger partial charge in [-0.2, -0.15) is 0 Å². The lowest BCUT2D eigenvalue weighted by molar-refractivity contribution is 0.245. The normalized spacial score (nSPS) is 14.1. The van der Waals surface area contributed by atoms with Crippen molar-refractivity contribution in [3.8, 4) is 0 Å². The lowest BCUT2D eigenvalue weighted by Gasteiger charge is -2.23. The molecule has 1 unspecified atom stereocenters. The summed E-state index contributed by atoms with van der Waals surface area (Å²) < 4.78 is 0. The third kappa shape index (κ3) is 7.03. The fourth-order valence-corrected chi connectivity index (χ4v) is 1.42. The van der Waals surface area contributed by atoms with E-state index in [1.54, 1.807) is 0 Å². The van der Waals surface area contributed by atoms with Gasteiger partial charge in [0, 0.05) is 12.6 Å². The van der Waals surface area contributed by atoms with Gasteiger partial charge in [-0.3, -0.25) is 0 Å². The van der Waals surface area contributed by atoms with E-state index in [9.17, 15) is 0 Å². The summed E-state index contributed by atoms with van der Waals surface area (Å²) in [5.41, 5.74) is 0. The molecule has 0 spiro atoms. The van der Waals surface area contributed by atoms with E-state index in [-0.39, 0.29) is 0 Å². The predicted octanol–water partition coefficient (Wildman–Crippen LogP) is 1.96. The molecule has 0 aliphatic carbocycles. The number of hydrogen-bond acceptors (Lipinski definition) is 2. The van der Waals surface area contributed by atoms with Gasteiger partial charge in [0.1, 0.15) is 0 Å². The van der Waals surface area contributed by atoms with Gasteiger partial charge in [0.2, 0.25) is 0 Å². The van der Waals surface area contributed by atoms with Crippen LogP contribution in [0.4, 0.5) is 0 Å². The van der Waals surface area contributed by atoms with Gasteiger partial charge in [0.15, 0.2) is 0 Å². The molecule has 0 aliphatic rings. The summed E-state index contributed by atoms with van der Waals surface area (Å²) in [6.07, 6.45) is 1.25. The molecule has 0 bridgehead atoms. The zero-order valence-electron chi connectivity index (χ0n) is 9.93. The molecule has 0 heterocycles. The molecule has 1 N–H and O–H groups in total. The standard InChI is InChI=1S/C11H26N2/c1-6-13(9-10(2)3)8-7-11(4)12-5/h10-12H,6-9H2,1-5H3. The van der Waals surface area contributed by atoms with E-state index in [1.807, 2.05) is 7.05 Å². The molecule has 2 heteroatoms. The van der Waals surface area contributed by atoms with Crippen LogP contribution in [-0.2, 0) is 0 Å². The molecule has 0 aromatic heterocycles. The van der Waals surface area contributed by atoms with E-state index in [4.69, 9.17) is 0 Å². The third-order valence-electron chi connectivity index (χ3n) is 2.44. The first-order chi connectivity index (χ1) is 6.10. The second-order valence-electron chi connectivity index (χ2n) is 4.27. The number of nitrogens with one attached hydrogen (secondary N) is 1. The predicted molar refractivity (Wildman–Crippen MR) is 60.1 cm³/mol. The molecule has 80 valence electrons. The van der Waals surface area contributed by atoms with Crippen LogP contribution >= 0.6 is 0 Å². The van der Waals surface area contributed by atoms with E-state index in [2.05, 4.69) is 37.9 Å². The SMILES string of the molecule is CCN(CCC(C)NC)CC(C)C. The van der Waals surface area contributed by atoms with Crippen LogP contribution in [0.1, 0.15) is 34.1 Å². The smallest absolute Gasteiger partial charge is 0.00479 e. The van der Waals surface area contributed by atoms with Crippen molar-refractivity contribution in [1.29, 1.82) is 0 Å². The Labute approximate surface area is 83.7 Å². The van der Waals surface area contributed by atoms with Crippen LogP contribution < -0.4 is 5.32 Å². The molecule has 0 saturated carbocycles. The van der Waals surface area contributed by atoms with Gasteiger partial charge < -0.3 is 10.2 Å². The van der Waals surface area contributed by atoms with Crippen molar-refractivity contribution in [1.82, 2.24) is 10.2 Å². The molecule has 13 heavy (non-hydrogen) atoms. The van der Waals surface area contributed by atoms with Crippen molar-refractivity contribution in [2.24, 2.45) is 5.92 Å². The average molecular weight is 186 g/mol. The maximum Gasteiger partial charge on any atom is 0.00479 e. The molecule has 0 aliphatic heterocycles. The van der Waals surface area contributed by atoms with E-state index in [1.165, 1.54) is 26.1 Å². The highest BCUT2D eigenvalue weighted by Crippen LogP contribution is 2.00. The molecule has 0 aromatic rings. The molecule has 1 atom stereocenters. The van der Waals surface area contributed by atoms with Gasteiger partial charge in [0.25, 0.3) is 0 Å². The first-order valence-corrected chi connectivity index (χ1v) is 5.49. The largest absolute Gasteiger partial charge is 0.317 e. The average Bonchev–Trinajstić information content (AvgIpc) is 2.10. The number of rotatable bonds is 7. The van der Waals surface area contributed by atoms with Gasteiger partial charge in [-0.15, -0.1) is 0 Å². The van der Waals surface area contributed by atoms with Crippen LogP contribution in [0.5, 0.6) is 0 Å². The van der Waals surface area contributed by atoms with Crippen LogP contribution in [-0.4, -0.2) is 37.6 Å². The zero-order valence-corrected chi connectivity index (χ0v) is 9.93. The van der Waals surface area contributed by atoms with Crippen LogP contribution in [0.2, 0.25) is 0 Å². The molecular weight excluding hydrogens is 160 g/mol. The molecule has 0 radical (unpaired) electrons. The van der Waals surface area contributed by atoms with Gasteiger partial charge in [0.05, 0.1) is 0 Å². The summed E-state index contributed by atoms with van der Waals surface area (Å²) in [6.45, 7) is 12.7. The minimum atomic E-state index is 0.640. The first kappa shape index (κ1) is 12.9. The fraction of sp³-hybridized carbons (Fsp3) is 1.00. The second kappa shape index (κ2) is 7.34. The van der Waals surface area contributed by atoms with E-state index < -0.39 is 0 Å². The van der Waals surface area contributed by atoms with Gasteiger partial charge in [-0.1, -0.05) is 20.8 Å². The number of nitrogens with zero attached hydrogens (tertiary/aromatic N) is 1. The minimum absolute atomic E-state index is 0.640. The van der Waals surface area contributed by atoms with Crippen LogP contribution in [0.3, 0.4) is 0 Å². The molecule has 0 saturated heterocycles. The Balaban J connectivity index is 3.59. The van der Waals surface area contributed by atoms with Gasteiger partial charge in [-0.25, -0.2) is 0 Å². The van der Waals surface area contributed by atoms with Gasteiger partial charge in [-0.05, 0) is 39.4 Å². The van der Waals surface area contributed by atoms with Gasteiger partial charge >= 0.3 is 0 Å². The Bertz CT molecular complexity index is 113. The van der Waals surface area contributed by atoms with E-state index >= 15 is 0 Å². The summed E-state index contributed by atoms with van der Waals surface area (Å²) >= 11 is 0. The van der Waals surface area contributed by atoms with Crippen molar-refractivity contribution in [3.63, 3.8) is 0 Å². The van der Waals surface area contributed by atoms with Crippen LogP contribution in [0, 0.1) is 5.92 Å². The topological polar surface area (TPSA) is 15.3 Å². The van der Waals surface area contributed by atoms with Crippen molar-refractivity contribution in [2.45, 2.75) is 40.2 Å². The number of hydrogen-bond donors (Lipinski definition) is 1. The van der Waals surface area contributed by atoms with Crippen LogP contribution in [0.25, 0.3) is 0 Å². The Morgan fingerprint density at radius 3 is 2.23 bits per heavy atom. The highest BCUT2D eigenvalue weighted by Gasteiger charge is 2.06. The quantitative estimate of drug-likeness (QED) is 0.654. The molecule has 2 nitrogen and oxygen atoms in total. The summed E-state index contributed by atoms with van der Waals surface area (Å²) in [5, 5.41) is 3.27. The third-order valence-corrected chi connectivity index (χ3v) is 2.44. The molecular formula is C11H26N2. The lowest BCUT2D eigenvalue weighted by atomic mass is 10.2. The Morgan fingerprint density at radius 2 is 1.85 bits per heavy atom. The Hall–Kier alpha value is -0.0800. The van der Waals surface area contributed by atoms with E-state index in [0.29, 0.717) is 6.04 Å². The monoisotopic (exact) mass is 186 g/mol. The molecule has 0 rings (SSSR count). The molecule has 0 aromatic carbocycles. The van der Waals surface area contributed by atoms with Crippen molar-refractivity contribution in [2.75, 3.05) is 26.7 Å². The Kier molecular flexibility index (Phi) is 7.29. The lowest BCUT2D eigenvalue weighted by Crippen LogP contribution is -2.33. The van der Waals surface area contributed by atoms with Crippen molar-refractivity contribution >= 4 is 0 Å². The molecule has 0 amide bonds. The maximum absolute atomic E-state index is 3.27.